The molecule has 7 nitrogen and oxygen atoms in total. The predicted octanol–water partition coefficient (Wildman–Crippen LogP) is 5.65. The number of azo groups is 1. The highest BCUT2D eigenvalue weighted by atomic mass is 127. The summed E-state index contributed by atoms with van der Waals surface area (Å²) < 4.78 is 1.12. The molecule has 30 heavy (non-hydrogen) atoms. The molecule has 2 aromatic carbocycles. The number of unbranched alkanes of at least 4 members (excludes halogenated alkanes) is 3. The van der Waals surface area contributed by atoms with Crippen LogP contribution >= 0.6 is 22.6 Å². The van der Waals surface area contributed by atoms with Gasteiger partial charge in [-0.2, -0.15) is 10.2 Å². The van der Waals surface area contributed by atoms with Crippen LogP contribution in [0.25, 0.3) is 0 Å². The van der Waals surface area contributed by atoms with Crippen molar-refractivity contribution in [3.05, 3.63) is 53.6 Å². The summed E-state index contributed by atoms with van der Waals surface area (Å²) in [4.78, 5) is 35.5. The number of phenolic OH excluding ortho intramolecular Hbond substituents is 1. The lowest BCUT2D eigenvalue weighted by molar-refractivity contribution is -0.120. The van der Waals surface area contributed by atoms with E-state index in [2.05, 4.69) is 38.1 Å². The van der Waals surface area contributed by atoms with E-state index in [1.807, 2.05) is 0 Å². The highest BCUT2D eigenvalue weighted by molar-refractivity contribution is 14.1. The highest BCUT2D eigenvalue weighted by Crippen LogP contribution is 2.25. The maximum absolute atomic E-state index is 12.2. The smallest absolute Gasteiger partial charge is 0.257 e. The van der Waals surface area contributed by atoms with Gasteiger partial charge in [-0.1, -0.05) is 35.4 Å². The van der Waals surface area contributed by atoms with E-state index in [1.165, 1.54) is 19.1 Å². The molecule has 2 rings (SSSR count). The lowest BCUT2D eigenvalue weighted by Crippen LogP contribution is -2.30. The zero-order valence-corrected chi connectivity index (χ0v) is 18.9. The monoisotopic (exact) mass is 521 g/mol. The lowest BCUT2D eigenvalue weighted by atomic mass is 10.1. The number of imide groups is 1. The summed E-state index contributed by atoms with van der Waals surface area (Å²) in [6, 6.07) is 10.7. The van der Waals surface area contributed by atoms with Crippen molar-refractivity contribution in [2.45, 2.75) is 39.0 Å². The van der Waals surface area contributed by atoms with E-state index in [-0.39, 0.29) is 23.0 Å². The average Bonchev–Trinajstić information content (AvgIpc) is 2.73. The Hall–Kier alpha value is -2.62. The van der Waals surface area contributed by atoms with Crippen LogP contribution in [-0.4, -0.2) is 27.1 Å². The van der Waals surface area contributed by atoms with Crippen molar-refractivity contribution in [1.82, 2.24) is 5.32 Å². The van der Waals surface area contributed by atoms with E-state index in [0.717, 1.165) is 30.1 Å². The van der Waals surface area contributed by atoms with Gasteiger partial charge in [0, 0.05) is 12.0 Å². The molecule has 0 aliphatic rings. The van der Waals surface area contributed by atoms with Gasteiger partial charge in [0.2, 0.25) is 5.91 Å². The first-order valence-electron chi connectivity index (χ1n) is 9.66. The minimum atomic E-state index is -0.444. The van der Waals surface area contributed by atoms with Crippen LogP contribution in [0, 0.1) is 0 Å². The minimum absolute atomic E-state index is 0.105. The molecule has 158 valence electrons. The minimum Gasteiger partial charge on any atom is -0.507 e. The fourth-order valence-electron chi connectivity index (χ4n) is 2.66. The highest BCUT2D eigenvalue weighted by Gasteiger charge is 2.10. The van der Waals surface area contributed by atoms with Crippen LogP contribution in [0.1, 0.15) is 59.7 Å². The first-order valence-corrected chi connectivity index (χ1v) is 11.2. The average molecular weight is 521 g/mol. The third kappa shape index (κ3) is 7.66. The number of Topliss-reactive ketones (excluding diaryl/α,β-unsaturated/α-hetero) is 1. The fraction of sp³-hybridized carbons (Fsp3) is 0.318. The summed E-state index contributed by atoms with van der Waals surface area (Å²) in [5.74, 6) is -1.09. The molecule has 0 radical (unpaired) electrons. The van der Waals surface area contributed by atoms with E-state index >= 15 is 0 Å². The Balaban J connectivity index is 1.90. The topological polar surface area (TPSA) is 108 Å². The van der Waals surface area contributed by atoms with Gasteiger partial charge in [0.1, 0.15) is 5.75 Å². The number of aromatic hydroxyl groups is 1. The summed E-state index contributed by atoms with van der Waals surface area (Å²) in [5, 5.41) is 20.2. The number of rotatable bonds is 10. The summed E-state index contributed by atoms with van der Waals surface area (Å²) in [5.41, 5.74) is 1.46. The van der Waals surface area contributed by atoms with Crippen LogP contribution < -0.4 is 5.32 Å². The molecule has 2 N–H and O–H groups in total. The molecular formula is C22H24IN3O4. The van der Waals surface area contributed by atoms with Crippen LogP contribution in [0.2, 0.25) is 0 Å². The second-order valence-corrected chi connectivity index (χ2v) is 7.81. The molecule has 0 heterocycles. The molecule has 0 aliphatic carbocycles. The first-order chi connectivity index (χ1) is 14.4. The molecule has 0 saturated carbocycles. The summed E-state index contributed by atoms with van der Waals surface area (Å²) in [7, 11) is 0. The number of phenols is 1. The Bertz CT molecular complexity index is 926. The quantitative estimate of drug-likeness (QED) is 0.138. The lowest BCUT2D eigenvalue weighted by Gasteiger charge is -2.04. The van der Waals surface area contributed by atoms with E-state index < -0.39 is 5.91 Å². The Morgan fingerprint density at radius 3 is 2.23 bits per heavy atom. The number of hydrogen-bond acceptors (Lipinski definition) is 6. The van der Waals surface area contributed by atoms with Gasteiger partial charge in [0.15, 0.2) is 5.78 Å². The third-order valence-corrected chi connectivity index (χ3v) is 5.07. The maximum Gasteiger partial charge on any atom is 0.257 e. The van der Waals surface area contributed by atoms with Crippen molar-refractivity contribution in [2.75, 3.05) is 4.43 Å². The van der Waals surface area contributed by atoms with Crippen LogP contribution in [0.4, 0.5) is 11.4 Å². The van der Waals surface area contributed by atoms with Crippen LogP contribution in [0.3, 0.4) is 0 Å². The third-order valence-electron chi connectivity index (χ3n) is 4.31. The SMILES string of the molecule is CC(=O)c1cc(N=Nc2ccc(C(=O)NC(=O)CCCCCCI)cc2)ccc1O. The van der Waals surface area contributed by atoms with Gasteiger partial charge in [0.25, 0.3) is 5.91 Å². The van der Waals surface area contributed by atoms with Crippen molar-refractivity contribution in [3.63, 3.8) is 0 Å². The molecule has 2 amide bonds. The van der Waals surface area contributed by atoms with E-state index in [4.69, 9.17) is 0 Å². The summed E-state index contributed by atoms with van der Waals surface area (Å²) in [6.07, 6.45) is 4.35. The van der Waals surface area contributed by atoms with Crippen molar-refractivity contribution < 1.29 is 19.5 Å². The van der Waals surface area contributed by atoms with E-state index in [9.17, 15) is 19.5 Å². The first kappa shape index (κ1) is 23.7. The Morgan fingerprint density at radius 2 is 1.57 bits per heavy atom. The number of carbonyl (C=O) groups excluding carboxylic acids is 3. The van der Waals surface area contributed by atoms with Crippen molar-refractivity contribution in [3.8, 4) is 5.75 Å². The van der Waals surface area contributed by atoms with Crippen molar-refractivity contribution in [1.29, 1.82) is 0 Å². The van der Waals surface area contributed by atoms with E-state index in [1.54, 1.807) is 30.3 Å². The standard InChI is InChI=1S/C22H24IN3O4/c1-15(27)19-14-18(11-12-20(19)28)26-25-17-9-7-16(8-10-17)22(30)24-21(29)6-4-2-3-5-13-23/h7-12,14,28H,2-6,13H2,1H3,(H,24,29,30). The number of carbonyl (C=O) groups is 3. The summed E-state index contributed by atoms with van der Waals surface area (Å²) >= 11 is 2.33. The molecule has 0 fully saturated rings. The molecule has 8 heteroatoms. The molecule has 2 aromatic rings. The largest absolute Gasteiger partial charge is 0.507 e. The molecular weight excluding hydrogens is 497 g/mol. The second-order valence-electron chi connectivity index (χ2n) is 6.74. The normalized spacial score (nSPS) is 10.9. The molecule has 0 aromatic heterocycles. The number of amides is 2. The Labute approximate surface area is 189 Å². The number of ketones is 1. The van der Waals surface area contributed by atoms with Crippen molar-refractivity contribution in [2.24, 2.45) is 10.2 Å². The number of alkyl halides is 1. The van der Waals surface area contributed by atoms with Gasteiger partial charge in [-0.05, 0) is 66.7 Å². The van der Waals surface area contributed by atoms with Gasteiger partial charge in [-0.3, -0.25) is 19.7 Å². The Morgan fingerprint density at radius 1 is 0.933 bits per heavy atom. The number of halogens is 1. The number of hydrogen-bond donors (Lipinski definition) is 2. The van der Waals surface area contributed by atoms with Gasteiger partial charge < -0.3 is 5.11 Å². The predicted molar refractivity (Wildman–Crippen MR) is 123 cm³/mol. The maximum atomic E-state index is 12.2. The van der Waals surface area contributed by atoms with Crippen LogP contribution in [0.5, 0.6) is 5.75 Å². The van der Waals surface area contributed by atoms with Gasteiger partial charge >= 0.3 is 0 Å². The molecule has 0 saturated heterocycles. The molecule has 0 aliphatic heterocycles. The van der Waals surface area contributed by atoms with Gasteiger partial charge in [-0.25, -0.2) is 0 Å². The number of benzene rings is 2. The zero-order valence-electron chi connectivity index (χ0n) is 16.7. The van der Waals surface area contributed by atoms with E-state index in [0.29, 0.717) is 23.4 Å². The fourth-order valence-corrected chi connectivity index (χ4v) is 3.20. The Kier molecular flexibility index (Phi) is 9.59. The molecule has 0 spiro atoms. The number of nitrogens with zero attached hydrogens (tertiary/aromatic N) is 2. The second kappa shape index (κ2) is 12.2. The van der Waals surface area contributed by atoms with Gasteiger partial charge in [-0.15, -0.1) is 0 Å². The zero-order chi connectivity index (χ0) is 21.9. The van der Waals surface area contributed by atoms with Crippen LogP contribution in [-0.2, 0) is 4.79 Å². The van der Waals surface area contributed by atoms with Crippen molar-refractivity contribution >= 4 is 51.6 Å². The molecule has 0 unspecified atom stereocenters. The van der Waals surface area contributed by atoms with Gasteiger partial charge in [0.05, 0.1) is 16.9 Å². The molecule has 0 bridgehead atoms. The number of nitrogens with one attached hydrogen (secondary N) is 1. The molecule has 0 atom stereocenters. The summed E-state index contributed by atoms with van der Waals surface area (Å²) in [6.45, 7) is 1.36. The van der Waals surface area contributed by atoms with Crippen LogP contribution in [0.15, 0.2) is 52.7 Å².